The van der Waals surface area contributed by atoms with Crippen LogP contribution in [0.25, 0.3) is 0 Å². The summed E-state index contributed by atoms with van der Waals surface area (Å²) in [5, 5.41) is 19.4. The van der Waals surface area contributed by atoms with Gasteiger partial charge in [0.15, 0.2) is 0 Å². The maximum atomic E-state index is 12.4. The highest BCUT2D eigenvalue weighted by Crippen LogP contribution is 2.27. The molecule has 0 atom stereocenters. The minimum atomic E-state index is -4.48. The Kier molecular flexibility index (Phi) is 5.52. The molecule has 0 aromatic heterocycles. The summed E-state index contributed by atoms with van der Waals surface area (Å²) in [5.41, 5.74) is 4.62. The number of rotatable bonds is 7. The molecule has 0 heterocycles. The Bertz CT molecular complexity index is 623. The van der Waals surface area contributed by atoms with Crippen molar-refractivity contribution in [2.24, 2.45) is 0 Å². The van der Waals surface area contributed by atoms with Crippen molar-refractivity contribution in [3.63, 3.8) is 0 Å². The van der Waals surface area contributed by atoms with Gasteiger partial charge in [0.05, 0.1) is 23.8 Å². The first-order valence-corrected chi connectivity index (χ1v) is 7.07. The highest BCUT2D eigenvalue weighted by molar-refractivity contribution is 7.89. The predicted octanol–water partition coefficient (Wildman–Crippen LogP) is 0.425. The van der Waals surface area contributed by atoms with Crippen LogP contribution in [0.3, 0.4) is 0 Å². The Morgan fingerprint density at radius 1 is 1.43 bits per heavy atom. The molecule has 118 valence electrons. The van der Waals surface area contributed by atoms with Crippen molar-refractivity contribution in [1.82, 2.24) is 4.31 Å². The number of benzene rings is 1. The number of nitro benzene ring substituents is 1. The monoisotopic (exact) mass is 325 g/mol. The number of alkyl halides is 2. The summed E-state index contributed by atoms with van der Waals surface area (Å²) in [7, 11) is -4.48. The van der Waals surface area contributed by atoms with Crippen molar-refractivity contribution in [3.05, 3.63) is 28.3 Å². The Labute approximate surface area is 119 Å². The summed E-state index contributed by atoms with van der Waals surface area (Å²) in [4.78, 5) is 9.18. The van der Waals surface area contributed by atoms with Crippen LogP contribution in [-0.2, 0) is 10.0 Å². The van der Waals surface area contributed by atoms with E-state index in [2.05, 4.69) is 0 Å². The van der Waals surface area contributed by atoms with Gasteiger partial charge in [-0.05, 0) is 6.07 Å². The summed E-state index contributed by atoms with van der Waals surface area (Å²) in [6.45, 7) is -2.40. The minimum Gasteiger partial charge on any atom is -0.398 e. The quantitative estimate of drug-likeness (QED) is 0.425. The molecule has 0 saturated carbocycles. The summed E-state index contributed by atoms with van der Waals surface area (Å²) < 4.78 is 49.7. The van der Waals surface area contributed by atoms with E-state index >= 15 is 0 Å². The molecule has 0 saturated heterocycles. The number of halogens is 2. The van der Waals surface area contributed by atoms with Gasteiger partial charge in [-0.15, -0.1) is 0 Å². The average molecular weight is 325 g/mol. The van der Waals surface area contributed by atoms with Crippen LogP contribution in [0.2, 0.25) is 0 Å². The van der Waals surface area contributed by atoms with Crippen molar-refractivity contribution in [2.75, 3.05) is 25.4 Å². The maximum Gasteiger partial charge on any atom is 0.270 e. The molecule has 0 radical (unpaired) electrons. The number of nitrogens with two attached hydrogens (primary N) is 1. The molecule has 0 unspecified atom stereocenters. The molecule has 21 heavy (non-hydrogen) atoms. The predicted molar refractivity (Wildman–Crippen MR) is 69.4 cm³/mol. The lowest BCUT2D eigenvalue weighted by molar-refractivity contribution is -0.385. The van der Waals surface area contributed by atoms with Gasteiger partial charge in [0, 0.05) is 18.7 Å². The summed E-state index contributed by atoms with van der Waals surface area (Å²) in [5.74, 6) is 0. The number of anilines is 1. The Morgan fingerprint density at radius 2 is 2.05 bits per heavy atom. The van der Waals surface area contributed by atoms with Crippen LogP contribution in [-0.4, -0.2) is 48.9 Å². The van der Waals surface area contributed by atoms with Gasteiger partial charge in [-0.2, -0.15) is 4.31 Å². The fraction of sp³-hybridized carbons (Fsp3) is 0.400. The van der Waals surface area contributed by atoms with Gasteiger partial charge in [0.25, 0.3) is 12.1 Å². The third-order valence-electron chi connectivity index (χ3n) is 2.52. The van der Waals surface area contributed by atoms with Crippen LogP contribution in [0.4, 0.5) is 20.2 Å². The molecule has 0 aliphatic heterocycles. The van der Waals surface area contributed by atoms with E-state index in [0.29, 0.717) is 10.4 Å². The summed E-state index contributed by atoms with van der Waals surface area (Å²) in [6.07, 6.45) is -2.97. The number of nitrogen functional groups attached to an aromatic ring is 1. The highest BCUT2D eigenvalue weighted by Gasteiger charge is 2.30. The molecular formula is C10H13F2N3O5S. The first-order chi connectivity index (χ1) is 9.70. The van der Waals surface area contributed by atoms with E-state index in [1.54, 1.807) is 0 Å². The van der Waals surface area contributed by atoms with Crippen molar-refractivity contribution in [2.45, 2.75) is 11.3 Å². The van der Waals surface area contributed by atoms with Crippen molar-refractivity contribution < 1.29 is 27.2 Å². The normalized spacial score (nSPS) is 12.0. The molecule has 1 aromatic carbocycles. The maximum absolute atomic E-state index is 12.4. The standard InChI is InChI=1S/C10H13F2N3O5S/c11-10(12)6-14(3-4-16)21(19,20)9-5-7(15(17)18)1-2-8(9)13/h1-2,5,10,16H,3-4,6,13H2. The Hall–Kier alpha value is -1.85. The fourth-order valence-corrected chi connectivity index (χ4v) is 3.12. The van der Waals surface area contributed by atoms with Crippen LogP contribution in [0, 0.1) is 10.1 Å². The largest absolute Gasteiger partial charge is 0.398 e. The second kappa shape index (κ2) is 6.74. The summed E-state index contributed by atoms with van der Waals surface area (Å²) >= 11 is 0. The van der Waals surface area contributed by atoms with Crippen molar-refractivity contribution >= 4 is 21.4 Å². The zero-order chi connectivity index (χ0) is 16.2. The fourth-order valence-electron chi connectivity index (χ4n) is 1.57. The molecule has 0 aliphatic carbocycles. The van der Waals surface area contributed by atoms with Gasteiger partial charge < -0.3 is 10.8 Å². The molecule has 0 fully saturated rings. The number of sulfonamides is 1. The van der Waals surface area contributed by atoms with Gasteiger partial charge >= 0.3 is 0 Å². The molecule has 8 nitrogen and oxygen atoms in total. The number of aliphatic hydroxyl groups is 1. The van der Waals surface area contributed by atoms with Gasteiger partial charge in [0.1, 0.15) is 4.90 Å². The van der Waals surface area contributed by atoms with Crippen molar-refractivity contribution in [1.29, 1.82) is 0 Å². The van der Waals surface area contributed by atoms with Crippen LogP contribution < -0.4 is 5.73 Å². The minimum absolute atomic E-state index is 0.308. The van der Waals surface area contributed by atoms with Gasteiger partial charge in [-0.3, -0.25) is 10.1 Å². The van der Waals surface area contributed by atoms with Crippen molar-refractivity contribution in [3.8, 4) is 0 Å². The molecule has 0 bridgehead atoms. The van der Waals surface area contributed by atoms with Crippen LogP contribution >= 0.6 is 0 Å². The average Bonchev–Trinajstić information content (AvgIpc) is 2.37. The second-order valence-electron chi connectivity index (χ2n) is 3.96. The van der Waals surface area contributed by atoms with Crippen LogP contribution in [0.15, 0.2) is 23.1 Å². The molecular weight excluding hydrogens is 312 g/mol. The lowest BCUT2D eigenvalue weighted by Gasteiger charge is -2.21. The number of aliphatic hydroxyl groups excluding tert-OH is 1. The lowest BCUT2D eigenvalue weighted by Crippen LogP contribution is -2.37. The topological polar surface area (TPSA) is 127 Å². The first kappa shape index (κ1) is 17.2. The number of nitrogens with zero attached hydrogens (tertiary/aromatic N) is 2. The second-order valence-corrected chi connectivity index (χ2v) is 5.86. The molecule has 0 amide bonds. The van der Waals surface area contributed by atoms with Crippen LogP contribution in [0.5, 0.6) is 0 Å². The molecule has 0 spiro atoms. The molecule has 1 aromatic rings. The van der Waals surface area contributed by atoms with Gasteiger partial charge in [-0.1, -0.05) is 0 Å². The number of non-ortho nitro benzene ring substituents is 1. The molecule has 11 heteroatoms. The number of nitro groups is 1. The van der Waals surface area contributed by atoms with E-state index in [1.165, 1.54) is 0 Å². The Balaban J connectivity index is 3.33. The van der Waals surface area contributed by atoms with Gasteiger partial charge in [-0.25, -0.2) is 17.2 Å². The number of hydrogen-bond acceptors (Lipinski definition) is 6. The lowest BCUT2D eigenvalue weighted by atomic mass is 10.3. The molecule has 1 rings (SSSR count). The zero-order valence-electron chi connectivity index (χ0n) is 10.6. The molecule has 3 N–H and O–H groups in total. The first-order valence-electron chi connectivity index (χ1n) is 5.63. The van der Waals surface area contributed by atoms with Gasteiger partial charge in [0.2, 0.25) is 10.0 Å². The smallest absolute Gasteiger partial charge is 0.270 e. The third-order valence-corrected chi connectivity index (χ3v) is 4.44. The van der Waals surface area contributed by atoms with E-state index in [4.69, 9.17) is 10.8 Å². The molecule has 0 aliphatic rings. The zero-order valence-corrected chi connectivity index (χ0v) is 11.5. The SMILES string of the molecule is Nc1ccc([N+](=O)[O-])cc1S(=O)(=O)N(CCO)CC(F)F. The van der Waals surface area contributed by atoms with E-state index in [0.717, 1.165) is 12.1 Å². The van der Waals surface area contributed by atoms with Crippen LogP contribution in [0.1, 0.15) is 0 Å². The van der Waals surface area contributed by atoms with E-state index in [-0.39, 0.29) is 5.69 Å². The Morgan fingerprint density at radius 3 is 2.52 bits per heavy atom. The summed E-state index contributed by atoms with van der Waals surface area (Å²) in [6, 6.07) is 2.70. The third kappa shape index (κ3) is 4.06. The van der Waals surface area contributed by atoms with E-state index in [9.17, 15) is 27.3 Å². The van der Waals surface area contributed by atoms with E-state index < -0.39 is 51.7 Å². The highest BCUT2D eigenvalue weighted by atomic mass is 32.2. The number of hydrogen-bond donors (Lipinski definition) is 2. The van der Waals surface area contributed by atoms with E-state index in [1.807, 2.05) is 0 Å².